The van der Waals surface area contributed by atoms with Crippen molar-refractivity contribution < 1.29 is 34.1 Å². The molecule has 270 valence electrons. The lowest BCUT2D eigenvalue weighted by atomic mass is 9.83. The Morgan fingerprint density at radius 3 is 2.18 bits per heavy atom. The molecule has 3 aliphatic heterocycles. The standard InChI is InChI=1S/C36H45Br2N5O7/c37-28-19-24(20-29(38)33(28)46)21-31(34(47)41-17-15-40(16-18-41)26-7-5-23(6-8-26)22-32(44)45)50-36(49)42-12-10-27(11-13-42)43-14-9-25-3-1-2-4-30(25)39-35(43)48/h1-4,19-20,23,26-27,31,46H,5-18,21-22H2,(H,39,48)(H,44,45). The van der Waals surface area contributed by atoms with E-state index in [-0.39, 0.29) is 42.5 Å². The first kappa shape index (κ1) is 36.4. The second kappa shape index (κ2) is 16.3. The molecule has 1 atom stereocenters. The van der Waals surface area contributed by atoms with Gasteiger partial charge in [0.2, 0.25) is 0 Å². The van der Waals surface area contributed by atoms with Crippen LogP contribution < -0.4 is 5.32 Å². The average Bonchev–Trinajstić information content (AvgIpc) is 3.28. The number of carboxylic acids is 1. The Kier molecular flexibility index (Phi) is 11.9. The molecule has 2 aromatic carbocycles. The fraction of sp³-hybridized carbons (Fsp3) is 0.556. The van der Waals surface area contributed by atoms with E-state index in [1.165, 1.54) is 0 Å². The molecule has 14 heteroatoms. The number of carbonyl (C=O) groups excluding carboxylic acids is 3. The molecule has 50 heavy (non-hydrogen) atoms. The van der Waals surface area contributed by atoms with Crippen molar-refractivity contribution in [1.82, 2.24) is 19.6 Å². The summed E-state index contributed by atoms with van der Waals surface area (Å²) in [5.41, 5.74) is 2.66. The van der Waals surface area contributed by atoms with Crippen molar-refractivity contribution in [2.24, 2.45) is 5.92 Å². The summed E-state index contributed by atoms with van der Waals surface area (Å²) < 4.78 is 6.95. The molecule has 2 aromatic rings. The number of piperidine rings is 1. The molecule has 12 nitrogen and oxygen atoms in total. The molecule has 1 saturated carbocycles. The lowest BCUT2D eigenvalue weighted by Crippen LogP contribution is -2.55. The Morgan fingerprint density at radius 1 is 0.860 bits per heavy atom. The Bertz CT molecular complexity index is 1550. The molecule has 0 bridgehead atoms. The van der Waals surface area contributed by atoms with E-state index >= 15 is 0 Å². The van der Waals surface area contributed by atoms with E-state index in [4.69, 9.17) is 9.84 Å². The first-order chi connectivity index (χ1) is 24.0. The summed E-state index contributed by atoms with van der Waals surface area (Å²) in [6, 6.07) is 11.5. The summed E-state index contributed by atoms with van der Waals surface area (Å²) in [7, 11) is 0. The summed E-state index contributed by atoms with van der Waals surface area (Å²) >= 11 is 6.74. The number of aromatic hydroxyl groups is 1. The second-order valence-electron chi connectivity index (χ2n) is 13.9. The monoisotopic (exact) mass is 817 g/mol. The maximum absolute atomic E-state index is 14.0. The molecule has 6 rings (SSSR count). The first-order valence-electron chi connectivity index (χ1n) is 17.6. The van der Waals surface area contributed by atoms with Gasteiger partial charge in [0.25, 0.3) is 5.91 Å². The predicted molar refractivity (Wildman–Crippen MR) is 194 cm³/mol. The molecule has 0 spiro atoms. The van der Waals surface area contributed by atoms with Crippen molar-refractivity contribution in [1.29, 1.82) is 0 Å². The molecular formula is C36H45Br2N5O7. The van der Waals surface area contributed by atoms with Crippen LogP contribution in [-0.4, -0.2) is 118 Å². The Morgan fingerprint density at radius 2 is 1.52 bits per heavy atom. The fourth-order valence-corrected chi connectivity index (χ4v) is 9.18. The molecule has 4 aliphatic rings. The lowest BCUT2D eigenvalue weighted by molar-refractivity contribution is -0.143. The third-order valence-corrected chi connectivity index (χ3v) is 12.0. The van der Waals surface area contributed by atoms with Crippen LogP contribution >= 0.6 is 31.9 Å². The normalized spacial score (nSPS) is 22.7. The topological polar surface area (TPSA) is 143 Å². The Balaban J connectivity index is 1.06. The minimum absolute atomic E-state index is 0.0130. The van der Waals surface area contributed by atoms with E-state index in [0.29, 0.717) is 73.6 Å². The highest BCUT2D eigenvalue weighted by Gasteiger charge is 2.37. The van der Waals surface area contributed by atoms with Crippen molar-refractivity contribution in [3.05, 3.63) is 56.5 Å². The maximum Gasteiger partial charge on any atom is 0.410 e. The number of carbonyl (C=O) groups is 4. The predicted octanol–water partition coefficient (Wildman–Crippen LogP) is 5.70. The molecule has 3 N–H and O–H groups in total. The SMILES string of the molecule is O=C(O)CC1CCC(N2CCN(C(=O)C(Cc3cc(Br)c(O)c(Br)c3)OC(=O)N3CCC(N4CCc5ccccc5NC4=O)CC3)CC2)CC1. The second-order valence-corrected chi connectivity index (χ2v) is 15.6. The van der Waals surface area contributed by atoms with E-state index in [2.05, 4.69) is 42.1 Å². The van der Waals surface area contributed by atoms with Gasteiger partial charge in [-0.1, -0.05) is 18.2 Å². The number of nitrogens with zero attached hydrogens (tertiary/aromatic N) is 4. The number of amides is 4. The number of benzene rings is 2. The van der Waals surface area contributed by atoms with E-state index in [0.717, 1.165) is 48.9 Å². The molecule has 3 fully saturated rings. The van der Waals surface area contributed by atoms with Gasteiger partial charge in [-0.05, 0) is 112 Å². The van der Waals surface area contributed by atoms with Crippen LogP contribution in [0.3, 0.4) is 0 Å². The number of ether oxygens (including phenoxy) is 1. The van der Waals surface area contributed by atoms with Gasteiger partial charge in [0.05, 0.1) is 8.95 Å². The van der Waals surface area contributed by atoms with Crippen molar-refractivity contribution in [2.45, 2.75) is 76.0 Å². The smallest absolute Gasteiger partial charge is 0.410 e. The number of halogens is 2. The quantitative estimate of drug-likeness (QED) is 0.308. The van der Waals surface area contributed by atoms with E-state index in [1.54, 1.807) is 21.9 Å². The van der Waals surface area contributed by atoms with Crippen LogP contribution in [0.15, 0.2) is 45.3 Å². The van der Waals surface area contributed by atoms with Gasteiger partial charge in [0.15, 0.2) is 6.10 Å². The van der Waals surface area contributed by atoms with Gasteiger partial charge in [0, 0.05) is 76.4 Å². The number of piperazine rings is 1. The van der Waals surface area contributed by atoms with Gasteiger partial charge < -0.3 is 35.0 Å². The van der Waals surface area contributed by atoms with E-state index in [9.17, 15) is 24.3 Å². The number of para-hydroxylation sites is 1. The third kappa shape index (κ3) is 8.74. The lowest BCUT2D eigenvalue weighted by Gasteiger charge is -2.42. The molecular weight excluding hydrogens is 774 g/mol. The summed E-state index contributed by atoms with van der Waals surface area (Å²) in [5.74, 6) is -0.703. The minimum atomic E-state index is -1.06. The van der Waals surface area contributed by atoms with Crippen LogP contribution in [0.5, 0.6) is 5.75 Å². The molecule has 1 aliphatic carbocycles. The number of rotatable bonds is 8. The number of urea groups is 1. The van der Waals surface area contributed by atoms with Crippen molar-refractivity contribution in [3.8, 4) is 5.75 Å². The van der Waals surface area contributed by atoms with Crippen molar-refractivity contribution in [3.63, 3.8) is 0 Å². The fourth-order valence-electron chi connectivity index (χ4n) is 7.90. The number of hydrogen-bond acceptors (Lipinski definition) is 7. The summed E-state index contributed by atoms with van der Waals surface area (Å²) in [4.78, 5) is 59.6. The van der Waals surface area contributed by atoms with Gasteiger partial charge in [-0.3, -0.25) is 14.5 Å². The molecule has 1 unspecified atom stereocenters. The Labute approximate surface area is 309 Å². The number of likely N-dealkylation sites (tertiary alicyclic amines) is 1. The number of phenolic OH excluding ortho intramolecular Hbond substituents is 1. The van der Waals surface area contributed by atoms with Gasteiger partial charge in [-0.15, -0.1) is 0 Å². The first-order valence-corrected chi connectivity index (χ1v) is 19.2. The van der Waals surface area contributed by atoms with Gasteiger partial charge >= 0.3 is 18.1 Å². The summed E-state index contributed by atoms with van der Waals surface area (Å²) in [5, 5.41) is 22.4. The minimum Gasteiger partial charge on any atom is -0.506 e. The molecule has 0 radical (unpaired) electrons. The van der Waals surface area contributed by atoms with Crippen LogP contribution in [0.4, 0.5) is 15.3 Å². The zero-order valence-corrected chi connectivity index (χ0v) is 31.2. The highest BCUT2D eigenvalue weighted by atomic mass is 79.9. The average molecular weight is 820 g/mol. The molecule has 3 heterocycles. The molecule has 0 aromatic heterocycles. The maximum atomic E-state index is 14.0. The van der Waals surface area contributed by atoms with Gasteiger partial charge in [-0.2, -0.15) is 0 Å². The number of carboxylic acid groups (broad SMARTS) is 1. The number of nitrogens with one attached hydrogen (secondary N) is 1. The number of aliphatic carboxylic acids is 1. The van der Waals surface area contributed by atoms with Crippen LogP contribution in [-0.2, 0) is 27.2 Å². The Hall–Kier alpha value is -3.36. The van der Waals surface area contributed by atoms with Gasteiger partial charge in [0.1, 0.15) is 5.75 Å². The van der Waals surface area contributed by atoms with Crippen molar-refractivity contribution in [2.75, 3.05) is 51.1 Å². The molecule has 4 amide bonds. The van der Waals surface area contributed by atoms with Gasteiger partial charge in [-0.25, -0.2) is 9.59 Å². The van der Waals surface area contributed by atoms with Crippen molar-refractivity contribution >= 4 is 61.5 Å². The molecule has 2 saturated heterocycles. The van der Waals surface area contributed by atoms with E-state index in [1.807, 2.05) is 29.2 Å². The van der Waals surface area contributed by atoms with Crippen LogP contribution in [0.25, 0.3) is 0 Å². The zero-order chi connectivity index (χ0) is 35.4. The number of phenols is 1. The highest BCUT2D eigenvalue weighted by Crippen LogP contribution is 2.34. The van der Waals surface area contributed by atoms with Crippen LogP contribution in [0, 0.1) is 5.92 Å². The van der Waals surface area contributed by atoms with Crippen LogP contribution in [0.2, 0.25) is 0 Å². The largest absolute Gasteiger partial charge is 0.506 e. The summed E-state index contributed by atoms with van der Waals surface area (Å²) in [6.45, 7) is 3.86. The highest BCUT2D eigenvalue weighted by molar-refractivity contribution is 9.11. The number of hydrogen-bond donors (Lipinski definition) is 3. The zero-order valence-electron chi connectivity index (χ0n) is 28.1. The van der Waals surface area contributed by atoms with Crippen LogP contribution in [0.1, 0.15) is 56.1 Å². The third-order valence-electron chi connectivity index (χ3n) is 10.7. The number of anilines is 1. The number of fused-ring (bicyclic) bond motifs is 1. The van der Waals surface area contributed by atoms with E-state index < -0.39 is 18.2 Å². The summed E-state index contributed by atoms with van der Waals surface area (Å²) in [6.07, 6.45) is 4.46.